The largest absolute Gasteiger partial charge is 0.314 e. The standard InChI is InChI=1S/C11H22N2S/c1-2-4-10(3-1)12-6-5-11-9-14-8-7-13-11/h10-13H,1-9H2. The summed E-state index contributed by atoms with van der Waals surface area (Å²) in [5, 5.41) is 7.26. The summed E-state index contributed by atoms with van der Waals surface area (Å²) in [5.41, 5.74) is 0. The van der Waals surface area contributed by atoms with Crippen LogP contribution in [0.1, 0.15) is 32.1 Å². The van der Waals surface area contributed by atoms with Crippen LogP contribution in [0.3, 0.4) is 0 Å². The van der Waals surface area contributed by atoms with Crippen LogP contribution in [0.5, 0.6) is 0 Å². The normalized spacial score (nSPS) is 29.6. The third-order valence-corrected chi connectivity index (χ3v) is 4.41. The zero-order chi connectivity index (χ0) is 9.64. The lowest BCUT2D eigenvalue weighted by atomic mass is 10.2. The van der Waals surface area contributed by atoms with Gasteiger partial charge in [-0.25, -0.2) is 0 Å². The summed E-state index contributed by atoms with van der Waals surface area (Å²) in [6.45, 7) is 2.42. The molecule has 1 unspecified atom stereocenters. The van der Waals surface area contributed by atoms with E-state index in [1.165, 1.54) is 56.7 Å². The van der Waals surface area contributed by atoms with Crippen molar-refractivity contribution in [3.63, 3.8) is 0 Å². The summed E-state index contributed by atoms with van der Waals surface area (Å²) in [7, 11) is 0. The highest BCUT2D eigenvalue weighted by Gasteiger charge is 2.16. The smallest absolute Gasteiger partial charge is 0.0170 e. The minimum atomic E-state index is 0.766. The van der Waals surface area contributed by atoms with E-state index < -0.39 is 0 Å². The molecule has 2 N–H and O–H groups in total. The maximum absolute atomic E-state index is 3.68. The van der Waals surface area contributed by atoms with Gasteiger partial charge in [-0.2, -0.15) is 11.8 Å². The number of hydrogen-bond donors (Lipinski definition) is 2. The maximum atomic E-state index is 3.68. The van der Waals surface area contributed by atoms with Gasteiger partial charge < -0.3 is 10.6 Å². The first-order valence-electron chi connectivity index (χ1n) is 5.99. The lowest BCUT2D eigenvalue weighted by Gasteiger charge is -2.23. The Morgan fingerprint density at radius 1 is 1.29 bits per heavy atom. The van der Waals surface area contributed by atoms with Crippen molar-refractivity contribution in [3.05, 3.63) is 0 Å². The first-order valence-corrected chi connectivity index (χ1v) is 7.15. The van der Waals surface area contributed by atoms with Crippen LogP contribution in [0.4, 0.5) is 0 Å². The van der Waals surface area contributed by atoms with Gasteiger partial charge in [0.1, 0.15) is 0 Å². The molecule has 1 saturated carbocycles. The number of nitrogens with one attached hydrogen (secondary N) is 2. The van der Waals surface area contributed by atoms with Crippen LogP contribution >= 0.6 is 11.8 Å². The van der Waals surface area contributed by atoms with Crippen molar-refractivity contribution in [1.29, 1.82) is 0 Å². The Hall–Kier alpha value is 0.270. The lowest BCUT2D eigenvalue weighted by Crippen LogP contribution is -2.40. The van der Waals surface area contributed by atoms with Gasteiger partial charge in [-0.1, -0.05) is 12.8 Å². The van der Waals surface area contributed by atoms with Gasteiger partial charge in [0.2, 0.25) is 0 Å². The van der Waals surface area contributed by atoms with E-state index in [4.69, 9.17) is 0 Å². The Labute approximate surface area is 91.6 Å². The maximum Gasteiger partial charge on any atom is 0.0170 e. The summed E-state index contributed by atoms with van der Waals surface area (Å²) < 4.78 is 0. The van der Waals surface area contributed by atoms with Crippen LogP contribution in [0.15, 0.2) is 0 Å². The molecular weight excluding hydrogens is 192 g/mol. The zero-order valence-electron chi connectivity index (χ0n) is 8.93. The quantitative estimate of drug-likeness (QED) is 0.743. The predicted molar refractivity (Wildman–Crippen MR) is 64.0 cm³/mol. The van der Waals surface area contributed by atoms with E-state index in [1.54, 1.807) is 0 Å². The molecule has 2 fully saturated rings. The van der Waals surface area contributed by atoms with Crippen molar-refractivity contribution in [2.24, 2.45) is 0 Å². The highest BCUT2D eigenvalue weighted by molar-refractivity contribution is 7.99. The van der Waals surface area contributed by atoms with Gasteiger partial charge in [0.15, 0.2) is 0 Å². The lowest BCUT2D eigenvalue weighted by molar-refractivity contribution is 0.462. The van der Waals surface area contributed by atoms with Crippen molar-refractivity contribution in [3.8, 4) is 0 Å². The summed E-state index contributed by atoms with van der Waals surface area (Å²) in [5.74, 6) is 2.61. The van der Waals surface area contributed by atoms with Crippen LogP contribution in [0.25, 0.3) is 0 Å². The summed E-state index contributed by atoms with van der Waals surface area (Å²) >= 11 is 2.10. The summed E-state index contributed by atoms with van der Waals surface area (Å²) in [4.78, 5) is 0. The SMILES string of the molecule is C1CCC(NCCC2CSCCN2)C1. The summed E-state index contributed by atoms with van der Waals surface area (Å²) in [6.07, 6.45) is 7.01. The third kappa shape index (κ3) is 3.44. The Morgan fingerprint density at radius 2 is 2.14 bits per heavy atom. The Bertz CT molecular complexity index is 151. The minimum Gasteiger partial charge on any atom is -0.314 e. The molecule has 1 saturated heterocycles. The van der Waals surface area contributed by atoms with Crippen LogP contribution in [-0.4, -0.2) is 36.7 Å². The van der Waals surface area contributed by atoms with E-state index in [1.807, 2.05) is 0 Å². The van der Waals surface area contributed by atoms with E-state index >= 15 is 0 Å². The summed E-state index contributed by atoms with van der Waals surface area (Å²) in [6, 6.07) is 1.61. The Balaban J connectivity index is 1.52. The van der Waals surface area contributed by atoms with Crippen LogP contribution in [0, 0.1) is 0 Å². The predicted octanol–water partition coefficient (Wildman–Crippen LogP) is 1.61. The molecule has 82 valence electrons. The van der Waals surface area contributed by atoms with E-state index in [2.05, 4.69) is 22.4 Å². The highest BCUT2D eigenvalue weighted by Crippen LogP contribution is 2.17. The zero-order valence-corrected chi connectivity index (χ0v) is 9.74. The molecule has 0 aromatic rings. The molecule has 0 aromatic heterocycles. The van der Waals surface area contributed by atoms with Crippen molar-refractivity contribution in [2.75, 3.05) is 24.6 Å². The Kier molecular flexibility index (Phi) is 4.61. The second-order valence-electron chi connectivity index (χ2n) is 4.45. The van der Waals surface area contributed by atoms with Crippen LogP contribution in [0.2, 0.25) is 0 Å². The molecule has 0 spiro atoms. The molecule has 1 atom stereocenters. The van der Waals surface area contributed by atoms with Gasteiger partial charge in [-0.3, -0.25) is 0 Å². The molecule has 0 radical (unpaired) electrons. The van der Waals surface area contributed by atoms with E-state index in [0.29, 0.717) is 0 Å². The average Bonchev–Trinajstić information content (AvgIpc) is 2.72. The van der Waals surface area contributed by atoms with E-state index in [-0.39, 0.29) is 0 Å². The van der Waals surface area contributed by atoms with Gasteiger partial charge in [0.05, 0.1) is 0 Å². The van der Waals surface area contributed by atoms with Crippen molar-refractivity contribution in [2.45, 2.75) is 44.2 Å². The molecule has 0 amide bonds. The molecule has 1 aliphatic heterocycles. The van der Waals surface area contributed by atoms with E-state index in [0.717, 1.165) is 12.1 Å². The highest BCUT2D eigenvalue weighted by atomic mass is 32.2. The first-order chi connectivity index (χ1) is 6.95. The van der Waals surface area contributed by atoms with Gasteiger partial charge in [-0.15, -0.1) is 0 Å². The first kappa shape index (κ1) is 10.8. The number of thioether (sulfide) groups is 1. The topological polar surface area (TPSA) is 24.1 Å². The molecule has 1 heterocycles. The molecule has 1 aliphatic carbocycles. The van der Waals surface area contributed by atoms with Gasteiger partial charge in [-0.05, 0) is 25.8 Å². The second-order valence-corrected chi connectivity index (χ2v) is 5.60. The van der Waals surface area contributed by atoms with Crippen LogP contribution in [-0.2, 0) is 0 Å². The van der Waals surface area contributed by atoms with Crippen LogP contribution < -0.4 is 10.6 Å². The molecule has 0 aromatic carbocycles. The molecule has 2 nitrogen and oxygen atoms in total. The molecule has 2 aliphatic rings. The number of hydrogen-bond acceptors (Lipinski definition) is 3. The number of rotatable bonds is 4. The van der Waals surface area contributed by atoms with Crippen molar-refractivity contribution < 1.29 is 0 Å². The van der Waals surface area contributed by atoms with Gasteiger partial charge in [0, 0.05) is 30.1 Å². The molecule has 2 rings (SSSR count). The average molecular weight is 214 g/mol. The fourth-order valence-electron chi connectivity index (χ4n) is 2.40. The third-order valence-electron chi connectivity index (χ3n) is 3.28. The van der Waals surface area contributed by atoms with Crippen molar-refractivity contribution in [1.82, 2.24) is 10.6 Å². The van der Waals surface area contributed by atoms with E-state index in [9.17, 15) is 0 Å². The van der Waals surface area contributed by atoms with Gasteiger partial charge >= 0.3 is 0 Å². The monoisotopic (exact) mass is 214 g/mol. The fraction of sp³-hybridized carbons (Fsp3) is 1.00. The van der Waals surface area contributed by atoms with Crippen molar-refractivity contribution >= 4 is 11.8 Å². The molecule has 0 bridgehead atoms. The van der Waals surface area contributed by atoms with Gasteiger partial charge in [0.25, 0.3) is 0 Å². The Morgan fingerprint density at radius 3 is 2.86 bits per heavy atom. The molecule has 14 heavy (non-hydrogen) atoms. The minimum absolute atomic E-state index is 0.766. The molecule has 3 heteroatoms. The fourth-order valence-corrected chi connectivity index (χ4v) is 3.39. The second kappa shape index (κ2) is 5.99. The molecular formula is C11H22N2S.